The summed E-state index contributed by atoms with van der Waals surface area (Å²) < 4.78 is 5.57. The van der Waals surface area contributed by atoms with E-state index in [1.165, 1.54) is 4.90 Å². The zero-order chi connectivity index (χ0) is 19.8. The van der Waals surface area contributed by atoms with Crippen LogP contribution in [0.25, 0.3) is 0 Å². The summed E-state index contributed by atoms with van der Waals surface area (Å²) >= 11 is 12.1. The van der Waals surface area contributed by atoms with Crippen molar-refractivity contribution in [2.24, 2.45) is 0 Å². The molecule has 0 heterocycles. The molecule has 0 aliphatic rings. The van der Waals surface area contributed by atoms with Crippen LogP contribution >= 0.6 is 23.2 Å². The number of nitrogens with zero attached hydrogens (tertiary/aromatic N) is 1. The number of anilines is 1. The quantitative estimate of drug-likeness (QED) is 0.702. The van der Waals surface area contributed by atoms with Crippen molar-refractivity contribution in [2.45, 2.75) is 20.3 Å². The first kappa shape index (κ1) is 21.1. The van der Waals surface area contributed by atoms with Crippen molar-refractivity contribution in [3.05, 3.63) is 58.1 Å². The molecular formula is C20H22Cl2N2O3. The van der Waals surface area contributed by atoms with Gasteiger partial charge in [0.25, 0.3) is 5.91 Å². The van der Waals surface area contributed by atoms with E-state index in [0.717, 1.165) is 12.0 Å². The van der Waals surface area contributed by atoms with Crippen LogP contribution in [-0.4, -0.2) is 36.4 Å². The van der Waals surface area contributed by atoms with Crippen LogP contribution in [-0.2, 0) is 16.0 Å². The van der Waals surface area contributed by atoms with Crippen LogP contribution in [0.4, 0.5) is 5.69 Å². The number of nitrogens with one attached hydrogen (secondary N) is 1. The molecule has 0 saturated carbocycles. The van der Waals surface area contributed by atoms with Crippen molar-refractivity contribution in [3.8, 4) is 5.75 Å². The van der Waals surface area contributed by atoms with Gasteiger partial charge in [0.2, 0.25) is 5.91 Å². The highest BCUT2D eigenvalue weighted by Gasteiger charge is 2.18. The van der Waals surface area contributed by atoms with E-state index < -0.39 is 0 Å². The second-order valence-electron chi connectivity index (χ2n) is 5.84. The SMILES string of the molecule is CCc1cccc(OCC(=O)N(CC)CC(=O)Nc2c(Cl)cccc2Cl)c1. The molecule has 2 aromatic carbocycles. The third-order valence-electron chi connectivity index (χ3n) is 3.97. The molecular weight excluding hydrogens is 387 g/mol. The van der Waals surface area contributed by atoms with Gasteiger partial charge in [-0.1, -0.05) is 48.3 Å². The van der Waals surface area contributed by atoms with Gasteiger partial charge in [0.05, 0.1) is 22.3 Å². The van der Waals surface area contributed by atoms with Crippen molar-refractivity contribution in [1.82, 2.24) is 4.90 Å². The molecule has 0 radical (unpaired) electrons. The molecule has 0 aliphatic carbocycles. The Balaban J connectivity index is 1.93. The number of aryl methyl sites for hydroxylation is 1. The number of para-hydroxylation sites is 1. The van der Waals surface area contributed by atoms with Gasteiger partial charge in [0.15, 0.2) is 6.61 Å². The maximum Gasteiger partial charge on any atom is 0.260 e. The molecule has 2 aromatic rings. The van der Waals surface area contributed by atoms with Gasteiger partial charge in [0, 0.05) is 6.54 Å². The summed E-state index contributed by atoms with van der Waals surface area (Å²) in [5.41, 5.74) is 1.46. The third-order valence-corrected chi connectivity index (χ3v) is 4.60. The molecule has 5 nitrogen and oxygen atoms in total. The van der Waals surface area contributed by atoms with Gasteiger partial charge in [-0.3, -0.25) is 9.59 Å². The van der Waals surface area contributed by atoms with E-state index in [9.17, 15) is 9.59 Å². The Morgan fingerprint density at radius 3 is 2.37 bits per heavy atom. The van der Waals surface area contributed by atoms with Crippen LogP contribution < -0.4 is 10.1 Å². The number of carbonyl (C=O) groups is 2. The smallest absolute Gasteiger partial charge is 0.260 e. The number of amides is 2. The van der Waals surface area contributed by atoms with E-state index in [4.69, 9.17) is 27.9 Å². The lowest BCUT2D eigenvalue weighted by Crippen LogP contribution is -2.40. The summed E-state index contributed by atoms with van der Waals surface area (Å²) in [5.74, 6) is -0.0287. The largest absolute Gasteiger partial charge is 0.484 e. The van der Waals surface area contributed by atoms with E-state index >= 15 is 0 Å². The lowest BCUT2D eigenvalue weighted by atomic mass is 10.2. The minimum atomic E-state index is -0.381. The van der Waals surface area contributed by atoms with Gasteiger partial charge in [-0.05, 0) is 43.2 Å². The first-order chi connectivity index (χ1) is 12.9. The zero-order valence-electron chi connectivity index (χ0n) is 15.3. The van der Waals surface area contributed by atoms with Crippen molar-refractivity contribution < 1.29 is 14.3 Å². The van der Waals surface area contributed by atoms with Crippen LogP contribution in [0.2, 0.25) is 10.0 Å². The highest BCUT2D eigenvalue weighted by Crippen LogP contribution is 2.29. The van der Waals surface area contributed by atoms with Gasteiger partial charge < -0.3 is 15.0 Å². The number of rotatable bonds is 8. The van der Waals surface area contributed by atoms with Gasteiger partial charge in [-0.2, -0.15) is 0 Å². The van der Waals surface area contributed by atoms with Crippen molar-refractivity contribution in [3.63, 3.8) is 0 Å². The average Bonchev–Trinajstić information content (AvgIpc) is 2.67. The minimum Gasteiger partial charge on any atom is -0.484 e. The lowest BCUT2D eigenvalue weighted by Gasteiger charge is -2.21. The fraction of sp³-hybridized carbons (Fsp3) is 0.300. The summed E-state index contributed by atoms with van der Waals surface area (Å²) in [5, 5.41) is 3.32. The molecule has 7 heteroatoms. The Kier molecular flexibility index (Phi) is 7.95. The minimum absolute atomic E-state index is 0.116. The average molecular weight is 409 g/mol. The van der Waals surface area contributed by atoms with E-state index in [0.29, 0.717) is 28.0 Å². The second kappa shape index (κ2) is 10.2. The topological polar surface area (TPSA) is 58.6 Å². The molecule has 0 bridgehead atoms. The van der Waals surface area contributed by atoms with Crippen molar-refractivity contribution in [2.75, 3.05) is 25.0 Å². The number of carbonyl (C=O) groups excluding carboxylic acids is 2. The van der Waals surface area contributed by atoms with Gasteiger partial charge >= 0.3 is 0 Å². The van der Waals surface area contributed by atoms with Crippen molar-refractivity contribution in [1.29, 1.82) is 0 Å². The molecule has 0 unspecified atom stereocenters. The molecule has 2 amide bonds. The van der Waals surface area contributed by atoms with Crippen LogP contribution in [0.3, 0.4) is 0 Å². The normalized spacial score (nSPS) is 10.4. The second-order valence-corrected chi connectivity index (χ2v) is 6.66. The standard InChI is InChI=1S/C20H22Cl2N2O3/c1-3-14-7-5-8-15(11-14)27-13-19(26)24(4-2)12-18(25)23-20-16(21)9-6-10-17(20)22/h5-11H,3-4,12-13H2,1-2H3,(H,23,25). The first-order valence-electron chi connectivity index (χ1n) is 8.68. The summed E-state index contributed by atoms with van der Waals surface area (Å²) in [7, 11) is 0. The maximum atomic E-state index is 12.4. The summed E-state index contributed by atoms with van der Waals surface area (Å²) in [4.78, 5) is 26.1. The Bertz CT molecular complexity index is 791. The van der Waals surface area contributed by atoms with E-state index in [1.807, 2.05) is 25.1 Å². The molecule has 2 rings (SSSR count). The fourth-order valence-corrected chi connectivity index (χ4v) is 2.93. The maximum absolute atomic E-state index is 12.4. The van der Waals surface area contributed by atoms with Crippen LogP contribution in [0.1, 0.15) is 19.4 Å². The van der Waals surface area contributed by atoms with Crippen LogP contribution in [0, 0.1) is 0 Å². The molecule has 0 aromatic heterocycles. The Labute approximate surface area is 169 Å². The number of hydrogen-bond donors (Lipinski definition) is 1. The number of likely N-dealkylation sites (N-methyl/N-ethyl adjacent to an activating group) is 1. The highest BCUT2D eigenvalue weighted by molar-refractivity contribution is 6.39. The molecule has 27 heavy (non-hydrogen) atoms. The summed E-state index contributed by atoms with van der Waals surface area (Å²) in [6.07, 6.45) is 0.886. The molecule has 0 atom stereocenters. The van der Waals surface area contributed by atoms with E-state index in [1.54, 1.807) is 31.2 Å². The Morgan fingerprint density at radius 2 is 1.74 bits per heavy atom. The number of benzene rings is 2. The molecule has 144 valence electrons. The number of hydrogen-bond acceptors (Lipinski definition) is 3. The Hall–Kier alpha value is -2.24. The fourth-order valence-electron chi connectivity index (χ4n) is 2.44. The van der Waals surface area contributed by atoms with Crippen LogP contribution in [0.5, 0.6) is 5.75 Å². The Morgan fingerprint density at radius 1 is 1.07 bits per heavy atom. The van der Waals surface area contributed by atoms with E-state index in [2.05, 4.69) is 5.32 Å². The van der Waals surface area contributed by atoms with Gasteiger partial charge in [-0.25, -0.2) is 0 Å². The first-order valence-corrected chi connectivity index (χ1v) is 9.43. The summed E-state index contributed by atoms with van der Waals surface area (Å²) in [6, 6.07) is 12.5. The molecule has 0 fully saturated rings. The van der Waals surface area contributed by atoms with Crippen LogP contribution in [0.15, 0.2) is 42.5 Å². The molecule has 0 aliphatic heterocycles. The predicted molar refractivity (Wildman–Crippen MR) is 109 cm³/mol. The number of halogens is 2. The monoisotopic (exact) mass is 408 g/mol. The van der Waals surface area contributed by atoms with Gasteiger partial charge in [0.1, 0.15) is 5.75 Å². The van der Waals surface area contributed by atoms with Gasteiger partial charge in [-0.15, -0.1) is 0 Å². The third kappa shape index (κ3) is 6.15. The summed E-state index contributed by atoms with van der Waals surface area (Å²) in [6.45, 7) is 3.97. The lowest BCUT2D eigenvalue weighted by molar-refractivity contribution is -0.136. The molecule has 0 spiro atoms. The van der Waals surface area contributed by atoms with E-state index in [-0.39, 0.29) is 25.0 Å². The number of ether oxygens (including phenoxy) is 1. The molecule has 0 saturated heterocycles. The highest BCUT2D eigenvalue weighted by atomic mass is 35.5. The zero-order valence-corrected chi connectivity index (χ0v) is 16.8. The molecule has 1 N–H and O–H groups in total. The predicted octanol–water partition coefficient (Wildman–Crippen LogP) is 4.42. The van der Waals surface area contributed by atoms with Crippen molar-refractivity contribution >= 4 is 40.7 Å².